The van der Waals surface area contributed by atoms with E-state index in [9.17, 15) is 14.4 Å². The Kier molecular flexibility index (Phi) is 4.19. The second-order valence-electron chi connectivity index (χ2n) is 7.71. The lowest BCUT2D eigenvalue weighted by Gasteiger charge is -2.24. The molecule has 26 heavy (non-hydrogen) atoms. The van der Waals surface area contributed by atoms with Crippen LogP contribution in [0.4, 0.5) is 10.5 Å². The van der Waals surface area contributed by atoms with Crippen LogP contribution >= 0.6 is 0 Å². The fourth-order valence-corrected chi connectivity index (χ4v) is 4.40. The minimum Gasteiger partial charge on any atom is -0.325 e. The third-order valence-electron chi connectivity index (χ3n) is 5.93. The van der Waals surface area contributed by atoms with Crippen LogP contribution in [0.5, 0.6) is 0 Å². The van der Waals surface area contributed by atoms with Crippen molar-refractivity contribution in [1.29, 1.82) is 0 Å². The molecule has 0 aromatic heterocycles. The van der Waals surface area contributed by atoms with Crippen molar-refractivity contribution in [3.63, 3.8) is 0 Å². The molecule has 4 atom stereocenters. The van der Waals surface area contributed by atoms with Crippen molar-refractivity contribution in [3.8, 4) is 0 Å². The molecule has 4 N–H and O–H groups in total. The number of urea groups is 1. The highest BCUT2D eigenvalue weighted by Crippen LogP contribution is 2.33. The first kappa shape index (κ1) is 17.0. The predicted molar refractivity (Wildman–Crippen MR) is 96.4 cm³/mol. The van der Waals surface area contributed by atoms with Gasteiger partial charge in [0.2, 0.25) is 5.91 Å². The van der Waals surface area contributed by atoms with E-state index in [1.807, 2.05) is 0 Å². The Hall–Kier alpha value is -2.41. The Morgan fingerprint density at radius 2 is 2.04 bits per heavy atom. The number of hydrogen-bond acceptors (Lipinski definition) is 4. The lowest BCUT2D eigenvalue weighted by atomic mass is 9.85. The summed E-state index contributed by atoms with van der Waals surface area (Å²) < 4.78 is 0. The monoisotopic (exact) mass is 356 g/mol. The highest BCUT2D eigenvalue weighted by Gasteiger charge is 2.43. The van der Waals surface area contributed by atoms with Gasteiger partial charge >= 0.3 is 6.03 Å². The maximum atomic E-state index is 12.7. The van der Waals surface area contributed by atoms with Crippen LogP contribution in [0.25, 0.3) is 0 Å². The molecule has 0 spiro atoms. The fraction of sp³-hybridized carbons (Fsp3) is 0.526. The number of carbonyl (C=O) groups is 3. The van der Waals surface area contributed by atoms with E-state index in [1.165, 1.54) is 19.3 Å². The first-order valence-electron chi connectivity index (χ1n) is 9.27. The minimum atomic E-state index is -1.13. The second kappa shape index (κ2) is 6.39. The largest absolute Gasteiger partial charge is 0.325 e. The van der Waals surface area contributed by atoms with Gasteiger partial charge in [-0.1, -0.05) is 25.0 Å². The molecule has 2 saturated heterocycles. The molecule has 3 fully saturated rings. The van der Waals surface area contributed by atoms with Crippen LogP contribution in [-0.2, 0) is 15.1 Å². The smallest absolute Gasteiger partial charge is 0.322 e. The topological polar surface area (TPSA) is 99.3 Å². The summed E-state index contributed by atoms with van der Waals surface area (Å²) in [7, 11) is 0. The van der Waals surface area contributed by atoms with Crippen LogP contribution in [0.2, 0.25) is 0 Å². The Bertz CT molecular complexity index is 751. The predicted octanol–water partition coefficient (Wildman–Crippen LogP) is 1.60. The van der Waals surface area contributed by atoms with Crippen molar-refractivity contribution in [1.82, 2.24) is 16.0 Å². The Labute approximate surface area is 152 Å². The Morgan fingerprint density at radius 3 is 2.77 bits per heavy atom. The van der Waals surface area contributed by atoms with E-state index in [4.69, 9.17) is 0 Å². The van der Waals surface area contributed by atoms with Crippen LogP contribution in [0.3, 0.4) is 0 Å². The zero-order valence-corrected chi connectivity index (χ0v) is 14.8. The molecule has 0 bridgehead atoms. The average molecular weight is 356 g/mol. The first-order chi connectivity index (χ1) is 12.5. The number of benzene rings is 1. The van der Waals surface area contributed by atoms with Gasteiger partial charge in [-0.3, -0.25) is 14.9 Å². The first-order valence-corrected chi connectivity index (χ1v) is 9.27. The molecule has 4 amide bonds. The van der Waals surface area contributed by atoms with E-state index >= 15 is 0 Å². The summed E-state index contributed by atoms with van der Waals surface area (Å²) in [5.41, 5.74) is 0.129. The number of imide groups is 1. The van der Waals surface area contributed by atoms with Gasteiger partial charge in [-0.25, -0.2) is 4.79 Å². The molecule has 1 aliphatic carbocycles. The summed E-state index contributed by atoms with van der Waals surface area (Å²) in [5, 5.41) is 11.3. The van der Waals surface area contributed by atoms with Crippen molar-refractivity contribution in [3.05, 3.63) is 29.8 Å². The molecule has 0 radical (unpaired) electrons. The van der Waals surface area contributed by atoms with Crippen LogP contribution < -0.4 is 21.3 Å². The Morgan fingerprint density at radius 1 is 1.23 bits per heavy atom. The highest BCUT2D eigenvalue weighted by molar-refractivity contribution is 6.07. The van der Waals surface area contributed by atoms with E-state index in [-0.39, 0.29) is 11.9 Å². The van der Waals surface area contributed by atoms with Crippen LogP contribution in [0.1, 0.15) is 44.6 Å². The molecule has 1 aromatic carbocycles. The average Bonchev–Trinajstić information content (AvgIpc) is 3.16. The third kappa shape index (κ3) is 2.96. The fourth-order valence-electron chi connectivity index (χ4n) is 4.40. The summed E-state index contributed by atoms with van der Waals surface area (Å²) in [4.78, 5) is 36.2. The van der Waals surface area contributed by atoms with Gasteiger partial charge in [-0.2, -0.15) is 0 Å². The summed E-state index contributed by atoms with van der Waals surface area (Å²) in [6.45, 7) is 1.65. The molecule has 4 unspecified atom stereocenters. The molecule has 4 rings (SSSR count). The highest BCUT2D eigenvalue weighted by atomic mass is 16.2. The minimum absolute atomic E-state index is 0.0402. The van der Waals surface area contributed by atoms with E-state index in [0.717, 1.165) is 12.8 Å². The number of nitrogens with one attached hydrogen (secondary N) is 4. The number of rotatable bonds is 3. The molecule has 1 saturated carbocycles. The van der Waals surface area contributed by atoms with Crippen molar-refractivity contribution < 1.29 is 14.4 Å². The molecule has 1 aromatic rings. The number of carbonyl (C=O) groups excluding carboxylic acids is 3. The van der Waals surface area contributed by atoms with Gasteiger partial charge in [0.25, 0.3) is 5.91 Å². The lowest BCUT2D eigenvalue weighted by molar-refractivity contribution is -0.123. The summed E-state index contributed by atoms with van der Waals surface area (Å²) in [6.07, 6.45) is 5.72. The van der Waals surface area contributed by atoms with Crippen LogP contribution in [-0.4, -0.2) is 29.9 Å². The summed E-state index contributed by atoms with van der Waals surface area (Å²) in [6, 6.07) is 6.86. The van der Waals surface area contributed by atoms with Crippen molar-refractivity contribution in [2.45, 2.75) is 56.7 Å². The summed E-state index contributed by atoms with van der Waals surface area (Å²) in [5.74, 6) is 0.163. The molecule has 2 aliphatic heterocycles. The van der Waals surface area contributed by atoms with E-state index in [2.05, 4.69) is 21.3 Å². The molecule has 7 heteroatoms. The van der Waals surface area contributed by atoms with Crippen molar-refractivity contribution >= 4 is 23.5 Å². The number of amides is 4. The van der Waals surface area contributed by atoms with E-state index in [1.54, 1.807) is 31.2 Å². The van der Waals surface area contributed by atoms with Gasteiger partial charge in [0.1, 0.15) is 5.54 Å². The quantitative estimate of drug-likeness (QED) is 0.618. The van der Waals surface area contributed by atoms with Gasteiger partial charge < -0.3 is 16.0 Å². The van der Waals surface area contributed by atoms with Crippen molar-refractivity contribution in [2.24, 2.45) is 5.92 Å². The number of fused-ring (bicyclic) bond motifs is 1. The zero-order valence-electron chi connectivity index (χ0n) is 14.8. The van der Waals surface area contributed by atoms with E-state index in [0.29, 0.717) is 23.2 Å². The second-order valence-corrected chi connectivity index (χ2v) is 7.71. The van der Waals surface area contributed by atoms with E-state index < -0.39 is 17.5 Å². The molecular weight excluding hydrogens is 332 g/mol. The molecule has 138 valence electrons. The zero-order chi connectivity index (χ0) is 18.3. The van der Waals surface area contributed by atoms with Crippen LogP contribution in [0, 0.1) is 5.92 Å². The lowest BCUT2D eigenvalue weighted by Crippen LogP contribution is -2.41. The number of anilines is 1. The number of hydrogen-bond donors (Lipinski definition) is 4. The summed E-state index contributed by atoms with van der Waals surface area (Å²) >= 11 is 0. The van der Waals surface area contributed by atoms with Gasteiger partial charge in [0, 0.05) is 11.7 Å². The molecule has 3 aliphatic rings. The van der Waals surface area contributed by atoms with Crippen LogP contribution in [0.15, 0.2) is 24.3 Å². The maximum absolute atomic E-state index is 12.7. The van der Waals surface area contributed by atoms with Gasteiger partial charge in [-0.05, 0) is 49.8 Å². The molecule has 7 nitrogen and oxygen atoms in total. The Balaban J connectivity index is 1.47. The van der Waals surface area contributed by atoms with Gasteiger partial charge in [0.05, 0.1) is 6.04 Å². The maximum Gasteiger partial charge on any atom is 0.322 e. The van der Waals surface area contributed by atoms with Gasteiger partial charge in [-0.15, -0.1) is 0 Å². The third-order valence-corrected chi connectivity index (χ3v) is 5.93. The van der Waals surface area contributed by atoms with Gasteiger partial charge in [0.15, 0.2) is 0 Å². The standard InChI is InChI=1S/C19H24N4O3/c1-19(17(25)22-18(26)23-19)12-6-4-7-13(10-12)20-16(24)15-9-11-5-2-3-8-14(11)21-15/h4,6-7,10-11,14-15,21H,2-3,5,8-9H2,1H3,(H,20,24)(H2,22,23,25,26). The normalized spacial score (nSPS) is 33.3. The molecule has 2 heterocycles. The SMILES string of the molecule is CC1(c2cccc(NC(=O)C3CC4CCCCC4N3)c2)NC(=O)NC1=O. The van der Waals surface area contributed by atoms with Crippen molar-refractivity contribution in [2.75, 3.05) is 5.32 Å². The molecular formula is C19H24N4O3.